The van der Waals surface area contributed by atoms with Crippen molar-refractivity contribution in [2.45, 2.75) is 32.4 Å². The number of carbonyl (C=O) groups excluding carboxylic acids is 1. The number of aryl methyl sites for hydroxylation is 1. The number of alkyl halides is 3. The molecular formula is C32H50F3N5O10S. The lowest BCUT2D eigenvalue weighted by Gasteiger charge is -2.16. The van der Waals surface area contributed by atoms with E-state index >= 15 is 0 Å². The molecule has 1 heterocycles. The Balaban J connectivity index is 1.23. The van der Waals surface area contributed by atoms with Crippen LogP contribution in [-0.2, 0) is 53.7 Å². The minimum absolute atomic E-state index is 0.0221. The zero-order valence-electron chi connectivity index (χ0n) is 28.9. The van der Waals surface area contributed by atoms with Crippen molar-refractivity contribution in [1.29, 1.82) is 10.8 Å². The summed E-state index contributed by atoms with van der Waals surface area (Å²) in [5.41, 5.74) is -0.000790. The molecule has 1 aromatic carbocycles. The smallest absolute Gasteiger partial charge is 0.378 e. The Kier molecular flexibility index (Phi) is 23.1. The van der Waals surface area contributed by atoms with Crippen molar-refractivity contribution >= 4 is 40.7 Å². The van der Waals surface area contributed by atoms with Crippen LogP contribution < -0.4 is 10.6 Å². The van der Waals surface area contributed by atoms with Gasteiger partial charge >= 0.3 is 12.1 Å². The van der Waals surface area contributed by atoms with E-state index in [1.54, 1.807) is 13.0 Å². The molecule has 0 amide bonds. The minimum Gasteiger partial charge on any atom is -0.378 e. The molecule has 0 bridgehead atoms. The summed E-state index contributed by atoms with van der Waals surface area (Å²) in [6, 6.07) is 3.67. The number of amidine groups is 2. The number of thiocarbonyl (C=S) groups is 1. The Labute approximate surface area is 301 Å². The molecule has 1 aliphatic rings. The zero-order chi connectivity index (χ0) is 37.2. The molecule has 15 nitrogen and oxygen atoms in total. The van der Waals surface area contributed by atoms with Gasteiger partial charge in [-0.15, -0.1) is 5.06 Å². The molecule has 0 spiro atoms. The molecule has 1 fully saturated rings. The van der Waals surface area contributed by atoms with Gasteiger partial charge in [0.1, 0.15) is 11.7 Å². The van der Waals surface area contributed by atoms with Crippen molar-refractivity contribution in [3.05, 3.63) is 29.3 Å². The molecule has 0 atom stereocenters. The van der Waals surface area contributed by atoms with Gasteiger partial charge in [0.15, 0.2) is 5.11 Å². The van der Waals surface area contributed by atoms with Gasteiger partial charge in [-0.2, -0.15) is 13.2 Å². The van der Waals surface area contributed by atoms with Crippen LogP contribution in [-0.4, -0.2) is 140 Å². The quantitative estimate of drug-likeness (QED) is 0.0693. The van der Waals surface area contributed by atoms with Crippen molar-refractivity contribution in [2.24, 2.45) is 0 Å². The van der Waals surface area contributed by atoms with E-state index < -0.39 is 17.7 Å². The number of hydroxylamine groups is 2. The average molecular weight is 754 g/mol. The lowest BCUT2D eigenvalue weighted by molar-refractivity contribution is -0.163. The summed E-state index contributed by atoms with van der Waals surface area (Å²) in [5, 5.41) is 22.0. The number of halogens is 3. The number of nitrogens with zero attached hydrogens (tertiary/aromatic N) is 1. The van der Waals surface area contributed by atoms with E-state index in [4.69, 9.17) is 65.8 Å². The van der Waals surface area contributed by atoms with E-state index in [1.165, 1.54) is 0 Å². The molecule has 51 heavy (non-hydrogen) atoms. The van der Waals surface area contributed by atoms with Crippen LogP contribution >= 0.6 is 12.2 Å². The fourth-order valence-corrected chi connectivity index (χ4v) is 4.31. The summed E-state index contributed by atoms with van der Waals surface area (Å²) in [4.78, 5) is 16.7. The molecule has 0 unspecified atom stereocenters. The van der Waals surface area contributed by atoms with Gasteiger partial charge in [-0.25, -0.2) is 4.79 Å². The van der Waals surface area contributed by atoms with Crippen LogP contribution in [0.4, 0.5) is 18.9 Å². The predicted octanol–water partition coefficient (Wildman–Crippen LogP) is 3.33. The SMILES string of the molecule is Cc1cc(NC(=S)NCCOCCOCCOCCOCCOCCOCCOCCOCCC(=O)ON2C(=N)CCC2=N)cc(C(F)(F)F)c1. The monoisotopic (exact) mass is 753 g/mol. The molecule has 0 radical (unpaired) electrons. The first-order chi connectivity index (χ1) is 24.6. The molecule has 0 saturated carbocycles. The number of rotatable bonds is 29. The molecule has 2 rings (SSSR count). The van der Waals surface area contributed by atoms with E-state index in [2.05, 4.69) is 10.6 Å². The number of ether oxygens (including phenoxy) is 8. The first kappa shape index (κ1) is 44.2. The third kappa shape index (κ3) is 21.8. The largest absolute Gasteiger partial charge is 0.416 e. The van der Waals surface area contributed by atoms with Gasteiger partial charge < -0.3 is 53.4 Å². The number of carbonyl (C=O) groups is 1. The van der Waals surface area contributed by atoms with Crippen LogP contribution in [0.1, 0.15) is 30.4 Å². The van der Waals surface area contributed by atoms with Crippen LogP contribution in [0.25, 0.3) is 0 Å². The number of nitrogens with one attached hydrogen (secondary N) is 4. The van der Waals surface area contributed by atoms with Gasteiger partial charge in [-0.1, -0.05) is 0 Å². The summed E-state index contributed by atoms with van der Waals surface area (Å²) in [7, 11) is 0. The predicted molar refractivity (Wildman–Crippen MR) is 184 cm³/mol. The highest BCUT2D eigenvalue weighted by atomic mass is 32.1. The number of benzene rings is 1. The van der Waals surface area contributed by atoms with Crippen LogP contribution in [0, 0.1) is 17.7 Å². The molecule has 290 valence electrons. The lowest BCUT2D eigenvalue weighted by atomic mass is 10.1. The Morgan fingerprint density at radius 3 is 1.55 bits per heavy atom. The highest BCUT2D eigenvalue weighted by molar-refractivity contribution is 7.80. The van der Waals surface area contributed by atoms with E-state index in [9.17, 15) is 18.0 Å². The topological polar surface area (TPSA) is 175 Å². The van der Waals surface area contributed by atoms with Crippen molar-refractivity contribution in [1.82, 2.24) is 10.4 Å². The van der Waals surface area contributed by atoms with Crippen molar-refractivity contribution in [3.63, 3.8) is 0 Å². The minimum atomic E-state index is -4.43. The maximum Gasteiger partial charge on any atom is 0.416 e. The zero-order valence-corrected chi connectivity index (χ0v) is 29.8. The molecule has 1 aromatic rings. The second-order valence-electron chi connectivity index (χ2n) is 10.8. The summed E-state index contributed by atoms with van der Waals surface area (Å²) in [6.45, 7) is 8.14. The van der Waals surface area contributed by atoms with Gasteiger partial charge in [0.05, 0.1) is 118 Å². The standard InChI is InChI=1S/C32H50F3N5O10S/c1-25-22-26(32(33,34)35)24-27(23-25)39-31(51)38-5-7-43-9-11-45-13-15-47-17-19-49-21-20-48-18-16-46-14-12-44-10-8-42-6-4-30(41)50-40-28(36)2-3-29(40)37/h22-24,36-37H,2-21H2,1H3,(H2,38,39,51). The highest BCUT2D eigenvalue weighted by Crippen LogP contribution is 2.31. The fourth-order valence-electron chi connectivity index (χ4n) is 4.09. The van der Waals surface area contributed by atoms with E-state index in [1.807, 2.05) is 0 Å². The number of hydrogen-bond acceptors (Lipinski definition) is 13. The molecule has 0 aliphatic carbocycles. The summed E-state index contributed by atoms with van der Waals surface area (Å²) in [5.74, 6) is -0.347. The van der Waals surface area contributed by atoms with Gasteiger partial charge in [0, 0.05) is 25.1 Å². The molecule has 1 saturated heterocycles. The first-order valence-corrected chi connectivity index (χ1v) is 17.0. The van der Waals surface area contributed by atoms with Crippen molar-refractivity contribution in [3.8, 4) is 0 Å². The summed E-state index contributed by atoms with van der Waals surface area (Å²) >= 11 is 5.14. The Morgan fingerprint density at radius 2 is 1.12 bits per heavy atom. The maximum atomic E-state index is 13.0. The Morgan fingerprint density at radius 1 is 0.706 bits per heavy atom. The van der Waals surface area contributed by atoms with E-state index in [0.717, 1.165) is 17.2 Å². The van der Waals surface area contributed by atoms with Crippen LogP contribution in [0.15, 0.2) is 18.2 Å². The molecule has 1 aliphatic heterocycles. The lowest BCUT2D eigenvalue weighted by Crippen LogP contribution is -2.31. The van der Waals surface area contributed by atoms with Gasteiger partial charge in [-0.3, -0.25) is 10.8 Å². The van der Waals surface area contributed by atoms with Crippen LogP contribution in [0.2, 0.25) is 0 Å². The molecule has 4 N–H and O–H groups in total. The van der Waals surface area contributed by atoms with E-state index in [0.29, 0.717) is 124 Å². The summed E-state index contributed by atoms with van der Waals surface area (Å²) < 4.78 is 82.3. The van der Waals surface area contributed by atoms with E-state index in [-0.39, 0.29) is 35.5 Å². The maximum absolute atomic E-state index is 13.0. The third-order valence-corrected chi connectivity index (χ3v) is 6.78. The van der Waals surface area contributed by atoms with Gasteiger partial charge in [-0.05, 0) is 42.9 Å². The molecular weight excluding hydrogens is 703 g/mol. The van der Waals surface area contributed by atoms with Crippen molar-refractivity contribution < 1.29 is 60.7 Å². The number of anilines is 1. The fraction of sp³-hybridized carbons (Fsp3) is 0.688. The second kappa shape index (κ2) is 26.7. The first-order valence-electron chi connectivity index (χ1n) is 16.6. The molecule has 19 heteroatoms. The van der Waals surface area contributed by atoms with Crippen LogP contribution in [0.3, 0.4) is 0 Å². The molecule has 0 aromatic heterocycles. The highest BCUT2D eigenvalue weighted by Gasteiger charge is 2.31. The number of hydrogen-bond donors (Lipinski definition) is 4. The van der Waals surface area contributed by atoms with Crippen LogP contribution in [0.5, 0.6) is 0 Å². The van der Waals surface area contributed by atoms with Crippen molar-refractivity contribution in [2.75, 3.05) is 118 Å². The second-order valence-corrected chi connectivity index (χ2v) is 11.2. The van der Waals surface area contributed by atoms with Gasteiger partial charge in [0.2, 0.25) is 0 Å². The Hall–Kier alpha value is -3.01. The Bertz CT molecular complexity index is 1170. The normalized spacial score (nSPS) is 13.2. The summed E-state index contributed by atoms with van der Waals surface area (Å²) in [6.07, 6.45) is -3.62. The van der Waals surface area contributed by atoms with Gasteiger partial charge in [0.25, 0.3) is 0 Å². The third-order valence-electron chi connectivity index (χ3n) is 6.53. The average Bonchev–Trinajstić information content (AvgIpc) is 3.39.